The Bertz CT molecular complexity index is 908. The van der Waals surface area contributed by atoms with Crippen LogP contribution in [0.2, 0.25) is 0 Å². The fourth-order valence-corrected chi connectivity index (χ4v) is 3.07. The lowest BCUT2D eigenvalue weighted by molar-refractivity contribution is -0.116. The van der Waals surface area contributed by atoms with Crippen LogP contribution in [0, 0.1) is 0 Å². The van der Waals surface area contributed by atoms with Crippen LogP contribution in [0.25, 0.3) is 11.4 Å². The molecule has 2 aromatic heterocycles. The van der Waals surface area contributed by atoms with Crippen LogP contribution in [0.5, 0.6) is 5.75 Å². The fourth-order valence-electron chi connectivity index (χ4n) is 2.35. The monoisotopic (exact) mass is 381 g/mol. The van der Waals surface area contributed by atoms with Gasteiger partial charge >= 0.3 is 0 Å². The van der Waals surface area contributed by atoms with E-state index in [4.69, 9.17) is 4.74 Å². The van der Waals surface area contributed by atoms with Crippen LogP contribution in [0.1, 0.15) is 30.1 Å². The second-order valence-corrected chi connectivity index (χ2v) is 6.69. The number of aromatic nitrogens is 2. The molecule has 6 nitrogen and oxygen atoms in total. The molecule has 3 rings (SSSR count). The third kappa shape index (κ3) is 5.46. The first kappa shape index (κ1) is 18.7. The molecule has 3 aromatic rings. The minimum Gasteiger partial charge on any atom is -0.494 e. The van der Waals surface area contributed by atoms with E-state index in [1.54, 1.807) is 30.5 Å². The molecule has 0 bridgehead atoms. The van der Waals surface area contributed by atoms with Gasteiger partial charge in [-0.25, -0.2) is 4.98 Å². The number of carbonyl (C=O) groups is 2. The highest BCUT2D eigenvalue weighted by molar-refractivity contribution is 7.14. The maximum atomic E-state index is 12.0. The van der Waals surface area contributed by atoms with Crippen molar-refractivity contribution >= 4 is 28.2 Å². The fraction of sp³-hybridized carbons (Fsp3) is 0.200. The minimum absolute atomic E-state index is 0.0200. The highest BCUT2D eigenvalue weighted by Crippen LogP contribution is 2.23. The van der Waals surface area contributed by atoms with Gasteiger partial charge in [-0.05, 0) is 49.7 Å². The molecule has 0 saturated heterocycles. The number of anilines is 1. The van der Waals surface area contributed by atoms with Crippen molar-refractivity contribution in [3.63, 3.8) is 0 Å². The zero-order valence-corrected chi connectivity index (χ0v) is 15.7. The molecule has 0 saturated carbocycles. The number of hydrogen-bond acceptors (Lipinski definition) is 6. The topological polar surface area (TPSA) is 81.2 Å². The van der Waals surface area contributed by atoms with Crippen LogP contribution >= 0.6 is 11.3 Å². The summed E-state index contributed by atoms with van der Waals surface area (Å²) in [4.78, 5) is 31.9. The second-order valence-electron chi connectivity index (χ2n) is 5.83. The van der Waals surface area contributed by atoms with E-state index >= 15 is 0 Å². The molecule has 0 aliphatic heterocycles. The third-order valence-corrected chi connectivity index (χ3v) is 4.51. The predicted octanol–water partition coefficient (Wildman–Crippen LogP) is 4.21. The van der Waals surface area contributed by atoms with Gasteiger partial charge in [0, 0.05) is 23.6 Å². The largest absolute Gasteiger partial charge is 0.494 e. The molecule has 0 aliphatic carbocycles. The van der Waals surface area contributed by atoms with Crippen LogP contribution in [-0.2, 0) is 4.79 Å². The average molecular weight is 381 g/mol. The number of ether oxygens (including phenoxy) is 1. The Kier molecular flexibility index (Phi) is 6.27. The van der Waals surface area contributed by atoms with Gasteiger partial charge in [-0.1, -0.05) is 6.07 Å². The van der Waals surface area contributed by atoms with Crippen molar-refractivity contribution < 1.29 is 14.3 Å². The molecule has 138 valence electrons. The van der Waals surface area contributed by atoms with Crippen molar-refractivity contribution in [1.29, 1.82) is 0 Å². The van der Waals surface area contributed by atoms with Gasteiger partial charge in [0.1, 0.15) is 11.4 Å². The summed E-state index contributed by atoms with van der Waals surface area (Å²) in [7, 11) is 0. The number of hydrogen-bond donors (Lipinski definition) is 1. The van der Waals surface area contributed by atoms with Crippen molar-refractivity contribution in [2.24, 2.45) is 0 Å². The van der Waals surface area contributed by atoms with E-state index in [1.165, 1.54) is 18.3 Å². The number of pyridine rings is 1. The molecular formula is C20H19N3O3S. The van der Waals surface area contributed by atoms with Crippen LogP contribution < -0.4 is 10.1 Å². The van der Waals surface area contributed by atoms with Gasteiger partial charge in [0.2, 0.25) is 5.91 Å². The smallest absolute Gasteiger partial charge is 0.226 e. The molecule has 0 fully saturated rings. The standard InChI is InChI=1S/C20H19N3O3S/c1-14(24)15-7-9-16(10-8-15)26-12-4-6-19(25)23-20-22-18(13-27-20)17-5-2-3-11-21-17/h2-3,5,7-11,13H,4,6,12H2,1H3,(H,22,23,25). The zero-order chi connectivity index (χ0) is 19.1. The summed E-state index contributed by atoms with van der Waals surface area (Å²) in [5.41, 5.74) is 2.17. The number of nitrogens with one attached hydrogen (secondary N) is 1. The number of carbonyl (C=O) groups excluding carboxylic acids is 2. The number of ketones is 1. The van der Waals surface area contributed by atoms with Crippen molar-refractivity contribution in [1.82, 2.24) is 9.97 Å². The first-order valence-electron chi connectivity index (χ1n) is 8.52. The maximum Gasteiger partial charge on any atom is 0.226 e. The minimum atomic E-state index is -0.104. The molecule has 1 aromatic carbocycles. The maximum absolute atomic E-state index is 12.0. The summed E-state index contributed by atoms with van der Waals surface area (Å²) >= 11 is 1.37. The third-order valence-electron chi connectivity index (χ3n) is 3.76. The Labute approximate surface area is 161 Å². The number of rotatable bonds is 8. The van der Waals surface area contributed by atoms with Crippen molar-refractivity contribution in [3.8, 4) is 17.1 Å². The lowest BCUT2D eigenvalue weighted by atomic mass is 10.1. The highest BCUT2D eigenvalue weighted by atomic mass is 32.1. The van der Waals surface area contributed by atoms with Gasteiger partial charge in [-0.3, -0.25) is 14.6 Å². The van der Waals surface area contributed by atoms with Crippen molar-refractivity contribution in [2.45, 2.75) is 19.8 Å². The van der Waals surface area contributed by atoms with E-state index in [1.807, 2.05) is 23.6 Å². The normalized spacial score (nSPS) is 10.4. The predicted molar refractivity (Wildman–Crippen MR) is 105 cm³/mol. The molecule has 0 radical (unpaired) electrons. The summed E-state index contributed by atoms with van der Waals surface area (Å²) in [6.07, 6.45) is 2.63. The van der Waals surface area contributed by atoms with Gasteiger partial charge in [0.25, 0.3) is 0 Å². The molecule has 0 spiro atoms. The summed E-state index contributed by atoms with van der Waals surface area (Å²) in [5.74, 6) is 0.597. The molecule has 0 atom stereocenters. The summed E-state index contributed by atoms with van der Waals surface area (Å²) < 4.78 is 5.59. The molecule has 1 amide bonds. The summed E-state index contributed by atoms with van der Waals surface area (Å²) in [5, 5.41) is 5.22. The van der Waals surface area contributed by atoms with Crippen LogP contribution in [0.4, 0.5) is 5.13 Å². The van der Waals surface area contributed by atoms with Gasteiger partial charge in [-0.15, -0.1) is 11.3 Å². The number of amides is 1. The van der Waals surface area contributed by atoms with Gasteiger partial charge in [0.15, 0.2) is 10.9 Å². The number of benzene rings is 1. The Hall–Kier alpha value is -3.06. The van der Waals surface area contributed by atoms with Gasteiger partial charge in [-0.2, -0.15) is 0 Å². The SMILES string of the molecule is CC(=O)c1ccc(OCCCC(=O)Nc2nc(-c3ccccn3)cs2)cc1. The zero-order valence-electron chi connectivity index (χ0n) is 14.8. The number of Topliss-reactive ketones (excluding diaryl/α,β-unsaturated/α-hetero) is 1. The molecule has 2 heterocycles. The summed E-state index contributed by atoms with van der Waals surface area (Å²) in [6.45, 7) is 1.94. The van der Waals surface area contributed by atoms with Gasteiger partial charge < -0.3 is 10.1 Å². The lowest BCUT2D eigenvalue weighted by Gasteiger charge is -2.06. The first-order chi connectivity index (χ1) is 13.1. The van der Waals surface area contributed by atoms with Crippen LogP contribution in [0.15, 0.2) is 54.0 Å². The average Bonchev–Trinajstić information content (AvgIpc) is 3.15. The van der Waals surface area contributed by atoms with Crippen LogP contribution in [-0.4, -0.2) is 28.3 Å². The quantitative estimate of drug-likeness (QED) is 0.467. The number of thiazole rings is 1. The van der Waals surface area contributed by atoms with E-state index in [2.05, 4.69) is 15.3 Å². The Morgan fingerprint density at radius 3 is 2.63 bits per heavy atom. The second kappa shape index (κ2) is 9.05. The molecular weight excluding hydrogens is 362 g/mol. The van der Waals surface area contributed by atoms with E-state index < -0.39 is 0 Å². The number of nitrogens with zero attached hydrogens (tertiary/aromatic N) is 2. The van der Waals surface area contributed by atoms with Crippen molar-refractivity contribution in [3.05, 3.63) is 59.6 Å². The van der Waals surface area contributed by atoms with Crippen molar-refractivity contribution in [2.75, 3.05) is 11.9 Å². The molecule has 0 unspecified atom stereocenters. The molecule has 7 heteroatoms. The lowest BCUT2D eigenvalue weighted by Crippen LogP contribution is -2.12. The Balaban J connectivity index is 1.41. The first-order valence-corrected chi connectivity index (χ1v) is 9.40. The molecule has 27 heavy (non-hydrogen) atoms. The Morgan fingerprint density at radius 2 is 1.93 bits per heavy atom. The summed E-state index contributed by atoms with van der Waals surface area (Å²) in [6, 6.07) is 12.6. The molecule has 0 aliphatic rings. The van der Waals surface area contributed by atoms with Gasteiger partial charge in [0.05, 0.1) is 12.3 Å². The molecule has 1 N–H and O–H groups in total. The van der Waals surface area contributed by atoms with E-state index in [0.717, 1.165) is 11.4 Å². The van der Waals surface area contributed by atoms with E-state index in [-0.39, 0.29) is 11.7 Å². The Morgan fingerprint density at radius 1 is 1.11 bits per heavy atom. The van der Waals surface area contributed by atoms with E-state index in [9.17, 15) is 9.59 Å². The van der Waals surface area contributed by atoms with Crippen LogP contribution in [0.3, 0.4) is 0 Å². The highest BCUT2D eigenvalue weighted by Gasteiger charge is 2.09. The van der Waals surface area contributed by atoms with E-state index in [0.29, 0.717) is 35.9 Å².